The number of quaternary nitrogens is 1. The van der Waals surface area contributed by atoms with Crippen molar-refractivity contribution in [3.63, 3.8) is 0 Å². The molecule has 1 aliphatic heterocycles. The van der Waals surface area contributed by atoms with Gasteiger partial charge in [-0.15, -0.1) is 0 Å². The van der Waals surface area contributed by atoms with Gasteiger partial charge in [0.1, 0.15) is 11.6 Å². The van der Waals surface area contributed by atoms with Crippen LogP contribution < -0.4 is 15.1 Å². The summed E-state index contributed by atoms with van der Waals surface area (Å²) in [6.07, 6.45) is 0. The van der Waals surface area contributed by atoms with Crippen LogP contribution in [0.3, 0.4) is 0 Å². The van der Waals surface area contributed by atoms with Crippen LogP contribution in [0.1, 0.15) is 0 Å². The molecule has 1 saturated heterocycles. The molecule has 0 atom stereocenters. The van der Waals surface area contributed by atoms with E-state index in [4.69, 9.17) is 11.6 Å². The molecular weight excluding hydrogens is 348 g/mol. The molecule has 1 heterocycles. The molecule has 1 fully saturated rings. The fourth-order valence-electron chi connectivity index (χ4n) is 2.96. The Balaban J connectivity index is 1.52. The molecular formula is C18H19ClF2N3O+. The summed E-state index contributed by atoms with van der Waals surface area (Å²) in [6.45, 7) is 3.00. The van der Waals surface area contributed by atoms with E-state index in [-0.39, 0.29) is 29.0 Å². The van der Waals surface area contributed by atoms with Crippen molar-refractivity contribution in [2.24, 2.45) is 0 Å². The molecule has 4 nitrogen and oxygen atoms in total. The number of halogens is 3. The van der Waals surface area contributed by atoms with Gasteiger partial charge in [0.25, 0.3) is 5.91 Å². The van der Waals surface area contributed by atoms with Crippen LogP contribution in [-0.2, 0) is 4.79 Å². The van der Waals surface area contributed by atoms with Gasteiger partial charge in [0, 0.05) is 5.02 Å². The fraction of sp³-hybridized carbons (Fsp3) is 0.278. The number of hydrogen-bond acceptors (Lipinski definition) is 2. The second-order valence-corrected chi connectivity index (χ2v) is 6.47. The summed E-state index contributed by atoms with van der Waals surface area (Å²) in [6, 6.07) is 10.8. The second kappa shape index (κ2) is 7.80. The lowest BCUT2D eigenvalue weighted by molar-refractivity contribution is -0.892. The van der Waals surface area contributed by atoms with Crippen LogP contribution in [0.15, 0.2) is 42.5 Å². The third-order valence-corrected chi connectivity index (χ3v) is 4.51. The van der Waals surface area contributed by atoms with Gasteiger partial charge in [-0.05, 0) is 30.3 Å². The quantitative estimate of drug-likeness (QED) is 0.868. The van der Waals surface area contributed by atoms with Crippen molar-refractivity contribution in [1.82, 2.24) is 0 Å². The van der Waals surface area contributed by atoms with Gasteiger partial charge in [0.05, 0.1) is 37.6 Å². The minimum Gasteiger partial charge on any atom is -0.358 e. The molecule has 0 bridgehead atoms. The van der Waals surface area contributed by atoms with Crippen molar-refractivity contribution in [3.05, 3.63) is 59.1 Å². The van der Waals surface area contributed by atoms with Crippen molar-refractivity contribution < 1.29 is 18.5 Å². The van der Waals surface area contributed by atoms with E-state index < -0.39 is 5.82 Å². The fourth-order valence-corrected chi connectivity index (χ4v) is 3.12. The van der Waals surface area contributed by atoms with Crippen molar-refractivity contribution >= 4 is 28.9 Å². The van der Waals surface area contributed by atoms with Crippen LogP contribution in [0.4, 0.5) is 20.2 Å². The highest BCUT2D eigenvalue weighted by molar-refractivity contribution is 6.30. The average Bonchev–Trinajstić information content (AvgIpc) is 2.59. The lowest BCUT2D eigenvalue weighted by Gasteiger charge is -2.33. The number of anilines is 2. The number of nitrogens with one attached hydrogen (secondary N) is 2. The maximum Gasteiger partial charge on any atom is 0.279 e. The zero-order valence-corrected chi connectivity index (χ0v) is 14.3. The summed E-state index contributed by atoms with van der Waals surface area (Å²) in [5.74, 6) is -1.04. The first-order valence-corrected chi connectivity index (χ1v) is 8.48. The molecule has 1 amide bonds. The SMILES string of the molecule is O=C(C[NH+]1CCN(c2ccccc2F)CC1)Nc1ccc(Cl)cc1F. The van der Waals surface area contributed by atoms with Crippen LogP contribution in [-0.4, -0.2) is 38.6 Å². The van der Waals surface area contributed by atoms with E-state index in [1.165, 1.54) is 18.2 Å². The molecule has 2 aromatic rings. The molecule has 0 spiro atoms. The minimum absolute atomic E-state index is 0.124. The zero-order valence-electron chi connectivity index (χ0n) is 13.6. The highest BCUT2D eigenvalue weighted by Crippen LogP contribution is 2.19. The van der Waals surface area contributed by atoms with E-state index in [0.717, 1.165) is 11.0 Å². The van der Waals surface area contributed by atoms with E-state index >= 15 is 0 Å². The molecule has 3 rings (SSSR count). The molecule has 0 aromatic heterocycles. The lowest BCUT2D eigenvalue weighted by atomic mass is 10.2. The first kappa shape index (κ1) is 17.6. The van der Waals surface area contributed by atoms with Crippen molar-refractivity contribution in [3.8, 4) is 0 Å². The first-order valence-electron chi connectivity index (χ1n) is 8.11. The van der Waals surface area contributed by atoms with Gasteiger partial charge in [-0.25, -0.2) is 8.78 Å². The molecule has 2 N–H and O–H groups in total. The Hall–Kier alpha value is -2.18. The first-order chi connectivity index (χ1) is 12.0. The van der Waals surface area contributed by atoms with E-state index in [1.54, 1.807) is 12.1 Å². The van der Waals surface area contributed by atoms with Gasteiger partial charge in [0.2, 0.25) is 0 Å². The molecule has 1 aliphatic rings. The van der Waals surface area contributed by atoms with Gasteiger partial charge in [-0.2, -0.15) is 0 Å². The number of para-hydroxylation sites is 1. The van der Waals surface area contributed by atoms with Crippen LogP contribution in [0.2, 0.25) is 5.02 Å². The second-order valence-electron chi connectivity index (χ2n) is 6.04. The maximum absolute atomic E-state index is 13.8. The summed E-state index contributed by atoms with van der Waals surface area (Å²) >= 11 is 5.70. The third-order valence-electron chi connectivity index (χ3n) is 4.28. The number of nitrogens with zero attached hydrogens (tertiary/aromatic N) is 1. The molecule has 0 unspecified atom stereocenters. The lowest BCUT2D eigenvalue weighted by Crippen LogP contribution is -3.15. The Bertz CT molecular complexity index is 764. The highest BCUT2D eigenvalue weighted by Gasteiger charge is 2.24. The number of carbonyl (C=O) groups is 1. The van der Waals surface area contributed by atoms with Crippen LogP contribution in [0, 0.1) is 11.6 Å². The van der Waals surface area contributed by atoms with Gasteiger partial charge in [-0.3, -0.25) is 4.79 Å². The van der Waals surface area contributed by atoms with Crippen molar-refractivity contribution in [2.75, 3.05) is 42.9 Å². The molecule has 25 heavy (non-hydrogen) atoms. The van der Waals surface area contributed by atoms with Crippen molar-refractivity contribution in [1.29, 1.82) is 0 Å². The topological polar surface area (TPSA) is 36.8 Å². The summed E-state index contributed by atoms with van der Waals surface area (Å²) in [7, 11) is 0. The standard InChI is InChI=1S/C18H18ClF2N3O/c19-13-5-6-16(15(21)11-13)22-18(25)12-23-7-9-24(10-8-23)17-4-2-1-3-14(17)20/h1-6,11H,7-10,12H2,(H,22,25)/p+1. The molecule has 2 aromatic carbocycles. The minimum atomic E-state index is -0.555. The number of hydrogen-bond donors (Lipinski definition) is 2. The zero-order chi connectivity index (χ0) is 17.8. The molecule has 0 saturated carbocycles. The Morgan fingerprint density at radius 2 is 1.84 bits per heavy atom. The largest absolute Gasteiger partial charge is 0.358 e. The molecule has 132 valence electrons. The van der Waals surface area contributed by atoms with Crippen LogP contribution >= 0.6 is 11.6 Å². The maximum atomic E-state index is 13.8. The molecule has 7 heteroatoms. The van der Waals surface area contributed by atoms with Crippen LogP contribution in [0.5, 0.6) is 0 Å². The smallest absolute Gasteiger partial charge is 0.279 e. The Morgan fingerprint density at radius 1 is 1.12 bits per heavy atom. The Kier molecular flexibility index (Phi) is 5.50. The van der Waals surface area contributed by atoms with Crippen LogP contribution in [0.25, 0.3) is 0 Å². The number of rotatable bonds is 4. The number of benzene rings is 2. The van der Waals surface area contributed by atoms with Gasteiger partial charge >= 0.3 is 0 Å². The number of piperazine rings is 1. The van der Waals surface area contributed by atoms with E-state index in [9.17, 15) is 13.6 Å². The Labute approximate surface area is 150 Å². The predicted molar refractivity (Wildman–Crippen MR) is 94.2 cm³/mol. The highest BCUT2D eigenvalue weighted by atomic mass is 35.5. The molecule has 0 aliphatic carbocycles. The summed E-state index contributed by atoms with van der Waals surface area (Å²) in [5, 5.41) is 2.85. The van der Waals surface area contributed by atoms with Gasteiger partial charge in [0.15, 0.2) is 6.54 Å². The summed E-state index contributed by atoms with van der Waals surface area (Å²) in [5.41, 5.74) is 0.716. The average molecular weight is 367 g/mol. The summed E-state index contributed by atoms with van der Waals surface area (Å²) < 4.78 is 27.6. The third kappa shape index (κ3) is 4.46. The number of carbonyl (C=O) groups excluding carboxylic acids is 1. The normalized spacial score (nSPS) is 15.2. The van der Waals surface area contributed by atoms with E-state index in [0.29, 0.717) is 31.9 Å². The Morgan fingerprint density at radius 3 is 2.52 bits per heavy atom. The van der Waals surface area contributed by atoms with Gasteiger partial charge < -0.3 is 15.1 Å². The monoisotopic (exact) mass is 366 g/mol. The van der Waals surface area contributed by atoms with Gasteiger partial charge in [-0.1, -0.05) is 23.7 Å². The molecule has 0 radical (unpaired) electrons. The van der Waals surface area contributed by atoms with Crippen molar-refractivity contribution in [2.45, 2.75) is 0 Å². The number of amides is 1. The van der Waals surface area contributed by atoms with E-state index in [1.807, 2.05) is 11.0 Å². The van der Waals surface area contributed by atoms with E-state index in [2.05, 4.69) is 5.32 Å². The summed E-state index contributed by atoms with van der Waals surface area (Å²) in [4.78, 5) is 15.2. The predicted octanol–water partition coefficient (Wildman–Crippen LogP) is 1.96.